The summed E-state index contributed by atoms with van der Waals surface area (Å²) in [6.07, 6.45) is -0.748. The molecule has 0 atom stereocenters. The lowest BCUT2D eigenvalue weighted by Crippen LogP contribution is -2.20. The van der Waals surface area contributed by atoms with Gasteiger partial charge in [-0.05, 0) is 26.0 Å². The van der Waals surface area contributed by atoms with Gasteiger partial charge in [-0.3, -0.25) is 0 Å². The summed E-state index contributed by atoms with van der Waals surface area (Å²) < 4.78 is 13.2. The molecule has 0 aliphatic carbocycles. The molecule has 2 rings (SSSR count). The Labute approximate surface area is 99.2 Å². The zero-order valence-electron chi connectivity index (χ0n) is 9.76. The number of hydrogen-bond acceptors (Lipinski definition) is 4. The van der Waals surface area contributed by atoms with E-state index >= 15 is 0 Å². The minimum Gasteiger partial charge on any atom is -0.311 e. The monoisotopic (exact) mass is 232 g/mol. The van der Waals surface area contributed by atoms with Crippen molar-refractivity contribution in [1.82, 2.24) is 15.0 Å². The first-order valence-electron chi connectivity index (χ1n) is 5.41. The van der Waals surface area contributed by atoms with Crippen LogP contribution in [0.25, 0.3) is 0 Å². The maximum absolute atomic E-state index is 13.2. The molecule has 0 spiro atoms. The number of anilines is 2. The SMILES string of the molecule is CCN(c1ccccc1)c1nc(C)nc(F)n1. The van der Waals surface area contributed by atoms with Gasteiger partial charge in [0.1, 0.15) is 5.82 Å². The van der Waals surface area contributed by atoms with Crippen molar-refractivity contribution in [2.24, 2.45) is 0 Å². The molecule has 4 nitrogen and oxygen atoms in total. The molecule has 1 aromatic heterocycles. The normalized spacial score (nSPS) is 10.3. The van der Waals surface area contributed by atoms with Crippen LogP contribution in [0.15, 0.2) is 30.3 Å². The van der Waals surface area contributed by atoms with E-state index in [2.05, 4.69) is 15.0 Å². The van der Waals surface area contributed by atoms with Gasteiger partial charge in [-0.2, -0.15) is 19.3 Å². The van der Waals surface area contributed by atoms with Gasteiger partial charge in [0.05, 0.1) is 0 Å². The lowest BCUT2D eigenvalue weighted by atomic mass is 10.3. The first-order chi connectivity index (χ1) is 8.20. The van der Waals surface area contributed by atoms with E-state index in [1.54, 1.807) is 6.92 Å². The molecule has 0 unspecified atom stereocenters. The zero-order chi connectivity index (χ0) is 12.3. The number of aryl methyl sites for hydroxylation is 1. The van der Waals surface area contributed by atoms with E-state index in [0.717, 1.165) is 5.69 Å². The Morgan fingerprint density at radius 2 is 1.82 bits per heavy atom. The van der Waals surface area contributed by atoms with Gasteiger partial charge in [-0.15, -0.1) is 0 Å². The number of nitrogens with zero attached hydrogens (tertiary/aromatic N) is 4. The second-order valence-corrected chi connectivity index (χ2v) is 3.53. The summed E-state index contributed by atoms with van der Waals surface area (Å²) in [6.45, 7) is 4.27. The van der Waals surface area contributed by atoms with Crippen molar-refractivity contribution in [3.63, 3.8) is 0 Å². The van der Waals surface area contributed by atoms with Crippen molar-refractivity contribution in [2.75, 3.05) is 11.4 Å². The van der Waals surface area contributed by atoms with Gasteiger partial charge in [-0.25, -0.2) is 0 Å². The summed E-state index contributed by atoms with van der Waals surface area (Å²) in [7, 11) is 0. The van der Waals surface area contributed by atoms with Gasteiger partial charge in [0.15, 0.2) is 0 Å². The van der Waals surface area contributed by atoms with Gasteiger partial charge in [0.25, 0.3) is 0 Å². The van der Waals surface area contributed by atoms with Gasteiger partial charge >= 0.3 is 6.08 Å². The van der Waals surface area contributed by atoms with Crippen LogP contribution in [-0.2, 0) is 0 Å². The highest BCUT2D eigenvalue weighted by atomic mass is 19.1. The second-order valence-electron chi connectivity index (χ2n) is 3.53. The predicted molar refractivity (Wildman–Crippen MR) is 63.6 cm³/mol. The molecule has 1 heterocycles. The molecule has 0 aliphatic heterocycles. The highest BCUT2D eigenvalue weighted by Gasteiger charge is 2.12. The quantitative estimate of drug-likeness (QED) is 0.815. The van der Waals surface area contributed by atoms with E-state index in [1.807, 2.05) is 42.2 Å². The van der Waals surface area contributed by atoms with E-state index in [4.69, 9.17) is 0 Å². The molecular weight excluding hydrogens is 219 g/mol. The summed E-state index contributed by atoms with van der Waals surface area (Å²) in [5.41, 5.74) is 0.931. The molecule has 88 valence electrons. The average molecular weight is 232 g/mol. The maximum atomic E-state index is 13.2. The molecule has 2 aromatic rings. The second kappa shape index (κ2) is 4.86. The predicted octanol–water partition coefficient (Wildman–Crippen LogP) is 2.48. The lowest BCUT2D eigenvalue weighted by molar-refractivity contribution is 0.527. The summed E-state index contributed by atoms with van der Waals surface area (Å²) in [5, 5.41) is 0. The summed E-state index contributed by atoms with van der Waals surface area (Å²) in [5.74, 6) is 0.714. The molecule has 17 heavy (non-hydrogen) atoms. The van der Waals surface area contributed by atoms with Gasteiger partial charge in [0.2, 0.25) is 5.95 Å². The largest absolute Gasteiger partial charge is 0.313 e. The van der Waals surface area contributed by atoms with Crippen LogP contribution in [0.2, 0.25) is 0 Å². The topological polar surface area (TPSA) is 41.9 Å². The standard InChI is InChI=1S/C12H13FN4/c1-3-17(10-7-5-4-6-8-10)12-15-9(2)14-11(13)16-12/h4-8H,3H2,1-2H3. The lowest BCUT2D eigenvalue weighted by Gasteiger charge is -2.20. The summed E-state index contributed by atoms with van der Waals surface area (Å²) in [4.78, 5) is 13.2. The average Bonchev–Trinajstić information content (AvgIpc) is 2.30. The highest BCUT2D eigenvalue weighted by Crippen LogP contribution is 2.20. The first-order valence-corrected chi connectivity index (χ1v) is 5.41. The summed E-state index contributed by atoms with van der Waals surface area (Å²) >= 11 is 0. The molecule has 0 radical (unpaired) electrons. The van der Waals surface area contributed by atoms with Crippen LogP contribution in [0, 0.1) is 13.0 Å². The molecule has 0 aliphatic rings. The van der Waals surface area contributed by atoms with Crippen molar-refractivity contribution in [3.8, 4) is 0 Å². The van der Waals surface area contributed by atoms with E-state index in [9.17, 15) is 4.39 Å². The Morgan fingerprint density at radius 3 is 2.41 bits per heavy atom. The molecule has 5 heteroatoms. The van der Waals surface area contributed by atoms with Gasteiger partial charge in [0, 0.05) is 12.2 Å². The van der Waals surface area contributed by atoms with Crippen LogP contribution in [-0.4, -0.2) is 21.5 Å². The number of aromatic nitrogens is 3. The molecule has 0 saturated carbocycles. The minimum atomic E-state index is -0.748. The van der Waals surface area contributed by atoms with Crippen molar-refractivity contribution in [1.29, 1.82) is 0 Å². The number of halogens is 1. The number of para-hydroxylation sites is 1. The van der Waals surface area contributed by atoms with Crippen LogP contribution in [0.1, 0.15) is 12.7 Å². The van der Waals surface area contributed by atoms with Crippen LogP contribution in [0.4, 0.5) is 16.0 Å². The van der Waals surface area contributed by atoms with E-state index in [1.165, 1.54) is 0 Å². The third kappa shape index (κ3) is 2.55. The Hall–Kier alpha value is -2.04. The molecule has 0 amide bonds. The fourth-order valence-corrected chi connectivity index (χ4v) is 1.60. The van der Waals surface area contributed by atoms with Gasteiger partial charge in [-0.1, -0.05) is 18.2 Å². The third-order valence-corrected chi connectivity index (χ3v) is 2.33. The number of hydrogen-bond donors (Lipinski definition) is 0. The van der Waals surface area contributed by atoms with E-state index in [0.29, 0.717) is 18.3 Å². The Bertz CT molecular complexity index is 481. The maximum Gasteiger partial charge on any atom is 0.313 e. The molecular formula is C12H13FN4. The Balaban J connectivity index is 2.42. The van der Waals surface area contributed by atoms with Crippen molar-refractivity contribution in [2.45, 2.75) is 13.8 Å². The van der Waals surface area contributed by atoms with Crippen LogP contribution < -0.4 is 4.90 Å². The molecule has 1 aromatic carbocycles. The van der Waals surface area contributed by atoms with Gasteiger partial charge < -0.3 is 4.90 Å². The molecule has 0 bridgehead atoms. The Morgan fingerprint density at radius 1 is 1.12 bits per heavy atom. The number of rotatable bonds is 3. The fraction of sp³-hybridized carbons (Fsp3) is 0.250. The van der Waals surface area contributed by atoms with Crippen LogP contribution in [0.3, 0.4) is 0 Å². The zero-order valence-corrected chi connectivity index (χ0v) is 9.76. The van der Waals surface area contributed by atoms with Crippen LogP contribution >= 0.6 is 0 Å². The Kier molecular flexibility index (Phi) is 3.27. The third-order valence-electron chi connectivity index (χ3n) is 2.33. The molecule has 0 saturated heterocycles. The highest BCUT2D eigenvalue weighted by molar-refractivity contribution is 5.56. The smallest absolute Gasteiger partial charge is 0.311 e. The summed E-state index contributed by atoms with van der Waals surface area (Å²) in [6, 6.07) is 9.63. The molecule has 0 fully saturated rings. The van der Waals surface area contributed by atoms with Crippen molar-refractivity contribution < 1.29 is 4.39 Å². The fourth-order valence-electron chi connectivity index (χ4n) is 1.60. The first kappa shape index (κ1) is 11.4. The molecule has 0 N–H and O–H groups in total. The van der Waals surface area contributed by atoms with Crippen LogP contribution in [0.5, 0.6) is 0 Å². The van der Waals surface area contributed by atoms with Crippen molar-refractivity contribution in [3.05, 3.63) is 42.2 Å². The van der Waals surface area contributed by atoms with E-state index < -0.39 is 6.08 Å². The van der Waals surface area contributed by atoms with E-state index in [-0.39, 0.29) is 0 Å². The minimum absolute atomic E-state index is 0.337. The van der Waals surface area contributed by atoms with Crippen molar-refractivity contribution >= 4 is 11.6 Å². The number of benzene rings is 1.